The maximum absolute atomic E-state index is 12.6. The second-order valence-electron chi connectivity index (χ2n) is 5.66. The average Bonchev–Trinajstić information content (AvgIpc) is 2.93. The number of aliphatic imine (C=N–C) groups is 1. The number of guanidine groups is 1. The lowest BCUT2D eigenvalue weighted by Gasteiger charge is -2.18. The number of benzene rings is 1. The zero-order valence-electron chi connectivity index (χ0n) is 13.5. The van der Waals surface area contributed by atoms with Gasteiger partial charge in [-0.3, -0.25) is 9.89 Å². The van der Waals surface area contributed by atoms with Crippen molar-refractivity contribution in [3.05, 3.63) is 35.4 Å². The summed E-state index contributed by atoms with van der Waals surface area (Å²) in [6.07, 6.45) is -3.28. The van der Waals surface area contributed by atoms with E-state index in [9.17, 15) is 13.2 Å². The van der Waals surface area contributed by atoms with Crippen molar-refractivity contribution < 1.29 is 13.2 Å². The summed E-state index contributed by atoms with van der Waals surface area (Å²) in [5.74, 6) is 0.786. The molecule has 0 amide bonds. The van der Waals surface area contributed by atoms with Gasteiger partial charge in [-0.05, 0) is 31.0 Å². The van der Waals surface area contributed by atoms with Crippen LogP contribution in [0.5, 0.6) is 0 Å². The average molecular weight is 328 g/mol. The topological polar surface area (TPSA) is 39.7 Å². The number of nitrogens with one attached hydrogen (secondary N) is 2. The van der Waals surface area contributed by atoms with Gasteiger partial charge in [0.1, 0.15) is 0 Å². The van der Waals surface area contributed by atoms with Crippen LogP contribution in [-0.4, -0.2) is 43.6 Å². The van der Waals surface area contributed by atoms with Gasteiger partial charge >= 0.3 is 6.18 Å². The van der Waals surface area contributed by atoms with Gasteiger partial charge in [-0.1, -0.05) is 12.1 Å². The molecule has 1 heterocycles. The SMILES string of the molecule is CCNC(=NC)NC1CCN(Cc2ccc(C(F)(F)F)cc2)C1. The summed E-state index contributed by atoms with van der Waals surface area (Å²) in [6.45, 7) is 5.25. The van der Waals surface area contributed by atoms with E-state index in [1.54, 1.807) is 19.2 Å². The molecule has 2 N–H and O–H groups in total. The normalized spacial score (nSPS) is 19.9. The Balaban J connectivity index is 1.86. The maximum Gasteiger partial charge on any atom is 0.416 e. The van der Waals surface area contributed by atoms with Gasteiger partial charge < -0.3 is 10.6 Å². The number of alkyl halides is 3. The molecule has 0 aromatic heterocycles. The summed E-state index contributed by atoms with van der Waals surface area (Å²) >= 11 is 0. The van der Waals surface area contributed by atoms with E-state index in [-0.39, 0.29) is 0 Å². The van der Waals surface area contributed by atoms with Gasteiger partial charge in [-0.15, -0.1) is 0 Å². The lowest BCUT2D eigenvalue weighted by Crippen LogP contribution is -2.44. The fraction of sp³-hybridized carbons (Fsp3) is 0.562. The predicted molar refractivity (Wildman–Crippen MR) is 85.3 cm³/mol. The van der Waals surface area contributed by atoms with E-state index in [1.807, 2.05) is 6.92 Å². The Morgan fingerprint density at radius 3 is 2.57 bits per heavy atom. The molecular formula is C16H23F3N4. The highest BCUT2D eigenvalue weighted by Gasteiger charge is 2.30. The van der Waals surface area contributed by atoms with Crippen molar-refractivity contribution in [1.29, 1.82) is 0 Å². The molecule has 0 bridgehead atoms. The van der Waals surface area contributed by atoms with Crippen LogP contribution >= 0.6 is 0 Å². The van der Waals surface area contributed by atoms with Gasteiger partial charge in [-0.25, -0.2) is 0 Å². The van der Waals surface area contributed by atoms with Crippen LogP contribution in [0.3, 0.4) is 0 Å². The van der Waals surface area contributed by atoms with E-state index in [2.05, 4.69) is 20.5 Å². The molecule has 7 heteroatoms. The summed E-state index contributed by atoms with van der Waals surface area (Å²) in [7, 11) is 1.74. The number of rotatable bonds is 4. The predicted octanol–water partition coefficient (Wildman–Crippen LogP) is 2.46. The third-order valence-corrected chi connectivity index (χ3v) is 3.87. The molecule has 0 saturated carbocycles. The first-order valence-corrected chi connectivity index (χ1v) is 7.78. The van der Waals surface area contributed by atoms with Crippen LogP contribution in [0.2, 0.25) is 0 Å². The highest BCUT2D eigenvalue weighted by atomic mass is 19.4. The molecule has 0 aliphatic carbocycles. The van der Waals surface area contributed by atoms with Crippen LogP contribution in [0.15, 0.2) is 29.3 Å². The zero-order chi connectivity index (χ0) is 16.9. The van der Waals surface area contributed by atoms with Gasteiger partial charge in [-0.2, -0.15) is 13.2 Å². The van der Waals surface area contributed by atoms with Crippen LogP contribution in [-0.2, 0) is 12.7 Å². The quantitative estimate of drug-likeness (QED) is 0.659. The highest BCUT2D eigenvalue weighted by molar-refractivity contribution is 5.79. The van der Waals surface area contributed by atoms with Crippen LogP contribution < -0.4 is 10.6 Å². The molecule has 1 unspecified atom stereocenters. The summed E-state index contributed by atoms with van der Waals surface area (Å²) in [6, 6.07) is 5.71. The smallest absolute Gasteiger partial charge is 0.357 e. The second-order valence-corrected chi connectivity index (χ2v) is 5.66. The van der Waals surface area contributed by atoms with Gasteiger partial charge in [0, 0.05) is 39.3 Å². The number of nitrogens with zero attached hydrogens (tertiary/aromatic N) is 2. The van der Waals surface area contributed by atoms with Gasteiger partial charge in [0.2, 0.25) is 0 Å². The zero-order valence-corrected chi connectivity index (χ0v) is 13.5. The first-order chi connectivity index (χ1) is 10.9. The van der Waals surface area contributed by atoms with E-state index in [0.717, 1.165) is 49.7 Å². The summed E-state index contributed by atoms with van der Waals surface area (Å²) in [4.78, 5) is 6.39. The van der Waals surface area contributed by atoms with Crippen LogP contribution in [0.25, 0.3) is 0 Å². The number of hydrogen-bond acceptors (Lipinski definition) is 2. The first-order valence-electron chi connectivity index (χ1n) is 7.78. The third kappa shape index (κ3) is 5.13. The molecule has 128 valence electrons. The molecule has 0 radical (unpaired) electrons. The molecule has 1 aromatic rings. The minimum absolute atomic E-state index is 0.308. The fourth-order valence-corrected chi connectivity index (χ4v) is 2.71. The van der Waals surface area contributed by atoms with E-state index < -0.39 is 11.7 Å². The molecule has 0 spiro atoms. The lowest BCUT2D eigenvalue weighted by molar-refractivity contribution is -0.137. The van der Waals surface area contributed by atoms with Crippen molar-refractivity contribution in [2.24, 2.45) is 4.99 Å². The van der Waals surface area contributed by atoms with Crippen molar-refractivity contribution >= 4 is 5.96 Å². The Kier molecular flexibility index (Phi) is 5.87. The summed E-state index contributed by atoms with van der Waals surface area (Å²) in [5, 5.41) is 6.52. The molecule has 4 nitrogen and oxygen atoms in total. The summed E-state index contributed by atoms with van der Waals surface area (Å²) < 4.78 is 37.7. The van der Waals surface area contributed by atoms with Gasteiger partial charge in [0.15, 0.2) is 5.96 Å². The number of hydrogen-bond donors (Lipinski definition) is 2. The Morgan fingerprint density at radius 2 is 2.00 bits per heavy atom. The molecule has 1 atom stereocenters. The number of halogens is 3. The third-order valence-electron chi connectivity index (χ3n) is 3.87. The number of likely N-dealkylation sites (tertiary alicyclic amines) is 1. The Labute approximate surface area is 134 Å². The molecule has 1 aromatic carbocycles. The summed E-state index contributed by atoms with van der Waals surface area (Å²) in [5.41, 5.74) is 0.298. The first kappa shape index (κ1) is 17.6. The Bertz CT molecular complexity index is 525. The Morgan fingerprint density at radius 1 is 1.30 bits per heavy atom. The van der Waals surface area contributed by atoms with Crippen LogP contribution in [0.1, 0.15) is 24.5 Å². The molecule has 1 aliphatic rings. The van der Waals surface area contributed by atoms with Crippen LogP contribution in [0, 0.1) is 0 Å². The van der Waals surface area contributed by atoms with Crippen molar-refractivity contribution in [2.45, 2.75) is 32.1 Å². The monoisotopic (exact) mass is 328 g/mol. The van der Waals surface area contributed by atoms with Gasteiger partial charge in [0.25, 0.3) is 0 Å². The molecule has 23 heavy (non-hydrogen) atoms. The largest absolute Gasteiger partial charge is 0.416 e. The molecule has 1 aliphatic heterocycles. The Hall–Kier alpha value is -1.76. The maximum atomic E-state index is 12.6. The molecule has 1 saturated heterocycles. The highest BCUT2D eigenvalue weighted by Crippen LogP contribution is 2.29. The molecule has 2 rings (SSSR count). The standard InChI is InChI=1S/C16H23F3N4/c1-3-21-15(20-2)22-14-8-9-23(11-14)10-12-4-6-13(7-5-12)16(17,18)19/h4-7,14H,3,8-11H2,1-2H3,(H2,20,21,22). The molecule has 1 fully saturated rings. The molecular weight excluding hydrogens is 305 g/mol. The fourth-order valence-electron chi connectivity index (χ4n) is 2.71. The van der Waals surface area contributed by atoms with E-state index >= 15 is 0 Å². The second kappa shape index (κ2) is 7.68. The van der Waals surface area contributed by atoms with Gasteiger partial charge in [0.05, 0.1) is 5.56 Å². The van der Waals surface area contributed by atoms with E-state index in [1.165, 1.54) is 0 Å². The minimum atomic E-state index is -4.27. The van der Waals surface area contributed by atoms with E-state index in [0.29, 0.717) is 12.6 Å². The van der Waals surface area contributed by atoms with E-state index in [4.69, 9.17) is 0 Å². The lowest BCUT2D eigenvalue weighted by atomic mass is 10.1. The minimum Gasteiger partial charge on any atom is -0.357 e. The van der Waals surface area contributed by atoms with Crippen molar-refractivity contribution in [1.82, 2.24) is 15.5 Å². The van der Waals surface area contributed by atoms with Crippen molar-refractivity contribution in [3.8, 4) is 0 Å². The van der Waals surface area contributed by atoms with Crippen molar-refractivity contribution in [3.63, 3.8) is 0 Å². The van der Waals surface area contributed by atoms with Crippen molar-refractivity contribution in [2.75, 3.05) is 26.7 Å². The van der Waals surface area contributed by atoms with Crippen LogP contribution in [0.4, 0.5) is 13.2 Å².